The number of nitrogens with zero attached hydrogens (tertiary/aromatic N) is 1. The number of rotatable bonds is 2. The first-order chi connectivity index (χ1) is 9.18. The molecular formula is C14H14INO3. The molecule has 1 aromatic rings. The van der Waals surface area contributed by atoms with Gasteiger partial charge in [0.1, 0.15) is 0 Å². The summed E-state index contributed by atoms with van der Waals surface area (Å²) in [5, 5.41) is 0. The van der Waals surface area contributed by atoms with Crippen LogP contribution in [0.5, 0.6) is 0 Å². The summed E-state index contributed by atoms with van der Waals surface area (Å²) in [4.78, 5) is 26.0. The Labute approximate surface area is 125 Å². The first kappa shape index (κ1) is 13.1. The number of ether oxygens (including phenoxy) is 1. The van der Waals surface area contributed by atoms with Gasteiger partial charge in [0.25, 0.3) is 11.8 Å². The van der Waals surface area contributed by atoms with Gasteiger partial charge in [-0.15, -0.1) is 0 Å². The van der Waals surface area contributed by atoms with Gasteiger partial charge in [-0.3, -0.25) is 14.5 Å². The monoisotopic (exact) mass is 371 g/mol. The summed E-state index contributed by atoms with van der Waals surface area (Å²) in [6, 6.07) is 5.39. The molecule has 0 aliphatic carbocycles. The molecule has 2 amide bonds. The number of hydrogen-bond acceptors (Lipinski definition) is 3. The Hall–Kier alpha value is -0.950. The minimum Gasteiger partial charge on any atom is -0.376 e. The molecule has 1 atom stereocenters. The van der Waals surface area contributed by atoms with E-state index in [0.717, 1.165) is 29.4 Å². The molecule has 0 N–H and O–H groups in total. The molecule has 1 saturated heterocycles. The SMILES string of the molecule is O=C1c2cccc(I)c2C(=O)N1CC1CCCCO1. The van der Waals surface area contributed by atoms with E-state index >= 15 is 0 Å². The number of benzene rings is 1. The fourth-order valence-electron chi connectivity index (χ4n) is 2.61. The van der Waals surface area contributed by atoms with Gasteiger partial charge in [-0.2, -0.15) is 0 Å². The highest BCUT2D eigenvalue weighted by atomic mass is 127. The molecular weight excluding hydrogens is 357 g/mol. The van der Waals surface area contributed by atoms with Gasteiger partial charge in [0, 0.05) is 10.2 Å². The van der Waals surface area contributed by atoms with E-state index in [0.29, 0.717) is 17.7 Å². The predicted octanol–water partition coefficient (Wildman–Crippen LogP) is 2.46. The van der Waals surface area contributed by atoms with E-state index in [1.54, 1.807) is 6.07 Å². The molecule has 19 heavy (non-hydrogen) atoms. The second-order valence-electron chi connectivity index (χ2n) is 4.87. The summed E-state index contributed by atoms with van der Waals surface area (Å²) >= 11 is 2.10. The predicted molar refractivity (Wildman–Crippen MR) is 78.1 cm³/mol. The first-order valence-corrected chi connectivity index (χ1v) is 7.52. The molecule has 0 bridgehead atoms. The van der Waals surface area contributed by atoms with E-state index in [1.165, 1.54) is 4.90 Å². The topological polar surface area (TPSA) is 46.6 Å². The van der Waals surface area contributed by atoms with E-state index in [9.17, 15) is 9.59 Å². The number of halogens is 1. The zero-order chi connectivity index (χ0) is 13.4. The molecule has 0 radical (unpaired) electrons. The molecule has 5 heteroatoms. The third kappa shape index (κ3) is 2.29. The third-order valence-corrected chi connectivity index (χ3v) is 4.51. The summed E-state index contributed by atoms with van der Waals surface area (Å²) in [5.74, 6) is -0.369. The molecule has 3 rings (SSSR count). The van der Waals surface area contributed by atoms with E-state index in [2.05, 4.69) is 22.6 Å². The highest BCUT2D eigenvalue weighted by Crippen LogP contribution is 2.28. The van der Waals surface area contributed by atoms with Crippen molar-refractivity contribution in [3.63, 3.8) is 0 Å². The molecule has 2 aliphatic rings. The number of imide groups is 1. The minimum absolute atomic E-state index is 0.00590. The highest BCUT2D eigenvalue weighted by Gasteiger charge is 2.38. The minimum atomic E-state index is -0.187. The summed E-state index contributed by atoms with van der Waals surface area (Å²) in [6.45, 7) is 1.10. The number of carbonyl (C=O) groups is 2. The lowest BCUT2D eigenvalue weighted by Crippen LogP contribution is -2.39. The van der Waals surface area contributed by atoms with Crippen molar-refractivity contribution in [1.82, 2.24) is 4.90 Å². The Bertz CT molecular complexity index is 537. The molecule has 2 aliphatic heterocycles. The van der Waals surface area contributed by atoms with Crippen LogP contribution < -0.4 is 0 Å². The van der Waals surface area contributed by atoms with Crippen molar-refractivity contribution >= 4 is 34.4 Å². The van der Waals surface area contributed by atoms with Crippen LogP contribution in [0.1, 0.15) is 40.0 Å². The Balaban J connectivity index is 1.84. The largest absolute Gasteiger partial charge is 0.376 e. The van der Waals surface area contributed by atoms with Gasteiger partial charge < -0.3 is 4.74 Å². The van der Waals surface area contributed by atoms with Crippen LogP contribution in [0.2, 0.25) is 0 Å². The van der Waals surface area contributed by atoms with Gasteiger partial charge in [-0.1, -0.05) is 6.07 Å². The van der Waals surface area contributed by atoms with Crippen LogP contribution in [0.4, 0.5) is 0 Å². The fourth-order valence-corrected chi connectivity index (χ4v) is 3.34. The molecule has 1 fully saturated rings. The second kappa shape index (κ2) is 5.20. The maximum absolute atomic E-state index is 12.3. The maximum Gasteiger partial charge on any atom is 0.262 e. The smallest absolute Gasteiger partial charge is 0.262 e. The van der Waals surface area contributed by atoms with Crippen molar-refractivity contribution < 1.29 is 14.3 Å². The van der Waals surface area contributed by atoms with E-state index in [1.807, 2.05) is 12.1 Å². The number of carbonyl (C=O) groups excluding carboxylic acids is 2. The Kier molecular flexibility index (Phi) is 3.58. The van der Waals surface area contributed by atoms with Crippen molar-refractivity contribution in [3.8, 4) is 0 Å². The molecule has 1 unspecified atom stereocenters. The lowest BCUT2D eigenvalue weighted by molar-refractivity contribution is -0.00112. The average Bonchev–Trinajstić information content (AvgIpc) is 2.66. The van der Waals surface area contributed by atoms with Crippen molar-refractivity contribution in [2.75, 3.05) is 13.2 Å². The molecule has 0 spiro atoms. The Morgan fingerprint density at radius 1 is 1.26 bits per heavy atom. The van der Waals surface area contributed by atoms with Crippen LogP contribution in [0.25, 0.3) is 0 Å². The molecule has 1 aromatic carbocycles. The zero-order valence-electron chi connectivity index (χ0n) is 10.4. The number of fused-ring (bicyclic) bond motifs is 1. The maximum atomic E-state index is 12.3. The van der Waals surface area contributed by atoms with Gasteiger partial charge in [-0.25, -0.2) is 0 Å². The van der Waals surface area contributed by atoms with Crippen LogP contribution in [-0.2, 0) is 4.74 Å². The second-order valence-corrected chi connectivity index (χ2v) is 6.03. The summed E-state index contributed by atoms with van der Waals surface area (Å²) in [7, 11) is 0. The van der Waals surface area contributed by atoms with Gasteiger partial charge in [-0.05, 0) is 54.0 Å². The van der Waals surface area contributed by atoms with Gasteiger partial charge in [0.15, 0.2) is 0 Å². The zero-order valence-corrected chi connectivity index (χ0v) is 12.6. The average molecular weight is 371 g/mol. The van der Waals surface area contributed by atoms with Crippen LogP contribution in [0.15, 0.2) is 18.2 Å². The summed E-state index contributed by atoms with van der Waals surface area (Å²) in [6.07, 6.45) is 3.08. The number of hydrogen-bond donors (Lipinski definition) is 0. The van der Waals surface area contributed by atoms with Crippen LogP contribution >= 0.6 is 22.6 Å². The summed E-state index contributed by atoms with van der Waals surface area (Å²) in [5.41, 5.74) is 1.07. The van der Waals surface area contributed by atoms with Crippen molar-refractivity contribution in [2.45, 2.75) is 25.4 Å². The Morgan fingerprint density at radius 3 is 2.79 bits per heavy atom. The van der Waals surface area contributed by atoms with E-state index in [-0.39, 0.29) is 17.9 Å². The lowest BCUT2D eigenvalue weighted by atomic mass is 10.1. The van der Waals surface area contributed by atoms with Gasteiger partial charge >= 0.3 is 0 Å². The molecule has 100 valence electrons. The molecule has 4 nitrogen and oxygen atoms in total. The fraction of sp³-hybridized carbons (Fsp3) is 0.429. The van der Waals surface area contributed by atoms with E-state index < -0.39 is 0 Å². The first-order valence-electron chi connectivity index (χ1n) is 6.45. The van der Waals surface area contributed by atoms with Crippen molar-refractivity contribution in [3.05, 3.63) is 32.9 Å². The number of amides is 2. The Morgan fingerprint density at radius 2 is 2.11 bits per heavy atom. The van der Waals surface area contributed by atoms with E-state index in [4.69, 9.17) is 4.74 Å². The van der Waals surface area contributed by atoms with Crippen LogP contribution in [0.3, 0.4) is 0 Å². The van der Waals surface area contributed by atoms with Crippen LogP contribution in [-0.4, -0.2) is 36.0 Å². The van der Waals surface area contributed by atoms with Gasteiger partial charge in [0.2, 0.25) is 0 Å². The van der Waals surface area contributed by atoms with Crippen molar-refractivity contribution in [1.29, 1.82) is 0 Å². The van der Waals surface area contributed by atoms with Crippen LogP contribution in [0, 0.1) is 3.57 Å². The van der Waals surface area contributed by atoms with Crippen molar-refractivity contribution in [2.24, 2.45) is 0 Å². The molecule has 0 saturated carbocycles. The highest BCUT2D eigenvalue weighted by molar-refractivity contribution is 14.1. The normalized spacial score (nSPS) is 22.8. The molecule has 2 heterocycles. The lowest BCUT2D eigenvalue weighted by Gasteiger charge is -2.26. The van der Waals surface area contributed by atoms with Gasteiger partial charge in [0.05, 0.1) is 23.8 Å². The summed E-state index contributed by atoms with van der Waals surface area (Å²) < 4.78 is 6.45. The quantitative estimate of drug-likeness (QED) is 0.593. The molecule has 0 aromatic heterocycles. The third-order valence-electron chi connectivity index (χ3n) is 3.61. The standard InChI is InChI=1S/C14H14INO3/c15-11-6-3-5-10-12(11)14(18)16(13(10)17)8-9-4-1-2-7-19-9/h3,5-6,9H,1-2,4,7-8H2.